The second-order valence-electron chi connectivity index (χ2n) is 6.39. The van der Waals surface area contributed by atoms with Gasteiger partial charge in [-0.1, -0.05) is 12.1 Å². The van der Waals surface area contributed by atoms with Gasteiger partial charge in [-0.3, -0.25) is 4.79 Å². The van der Waals surface area contributed by atoms with E-state index in [9.17, 15) is 4.79 Å². The van der Waals surface area contributed by atoms with Gasteiger partial charge in [0.15, 0.2) is 23.0 Å². The van der Waals surface area contributed by atoms with Gasteiger partial charge < -0.3 is 19.3 Å². The van der Waals surface area contributed by atoms with Crippen molar-refractivity contribution in [2.45, 2.75) is 6.10 Å². The first-order valence-corrected chi connectivity index (χ1v) is 8.75. The number of nitrogens with zero attached hydrogens (tertiary/aromatic N) is 7. The van der Waals surface area contributed by atoms with E-state index < -0.39 is 6.10 Å². The predicted octanol–water partition coefficient (Wildman–Crippen LogP) is 0.00790. The van der Waals surface area contributed by atoms with E-state index >= 15 is 0 Å². The molecule has 27 heavy (non-hydrogen) atoms. The maximum atomic E-state index is 12.8. The van der Waals surface area contributed by atoms with Crippen molar-refractivity contribution in [1.29, 1.82) is 0 Å². The van der Waals surface area contributed by atoms with Crippen LogP contribution in [0.5, 0.6) is 11.5 Å². The summed E-state index contributed by atoms with van der Waals surface area (Å²) in [6.45, 7) is 2.77. The van der Waals surface area contributed by atoms with Crippen LogP contribution in [0.25, 0.3) is 5.65 Å². The van der Waals surface area contributed by atoms with Crippen molar-refractivity contribution in [2.24, 2.45) is 0 Å². The lowest BCUT2D eigenvalue weighted by Crippen LogP contribution is -2.54. The van der Waals surface area contributed by atoms with Crippen LogP contribution in [0.15, 0.2) is 36.4 Å². The van der Waals surface area contributed by atoms with Gasteiger partial charge in [0.25, 0.3) is 5.91 Å². The summed E-state index contributed by atoms with van der Waals surface area (Å²) in [6, 6.07) is 11.1. The molecule has 1 atom stereocenters. The number of rotatable bonds is 2. The molecule has 10 nitrogen and oxygen atoms in total. The molecule has 0 radical (unpaired) electrons. The van der Waals surface area contributed by atoms with Crippen molar-refractivity contribution in [3.05, 3.63) is 36.4 Å². The maximum Gasteiger partial charge on any atom is 0.267 e. The number of para-hydroxylation sites is 2. The Morgan fingerprint density at radius 3 is 2.70 bits per heavy atom. The fourth-order valence-electron chi connectivity index (χ4n) is 3.31. The molecule has 1 aromatic carbocycles. The van der Waals surface area contributed by atoms with E-state index in [0.717, 1.165) is 5.82 Å². The molecular weight excluding hydrogens is 350 g/mol. The van der Waals surface area contributed by atoms with E-state index in [0.29, 0.717) is 43.3 Å². The number of benzene rings is 1. The van der Waals surface area contributed by atoms with E-state index in [2.05, 4.69) is 25.5 Å². The number of aromatic nitrogens is 5. The number of hydrogen-bond acceptors (Lipinski definition) is 8. The number of amides is 1. The van der Waals surface area contributed by atoms with Crippen LogP contribution in [-0.4, -0.2) is 75.0 Å². The molecule has 1 fully saturated rings. The first-order chi connectivity index (χ1) is 13.3. The third-order valence-electron chi connectivity index (χ3n) is 4.75. The maximum absolute atomic E-state index is 12.8. The molecule has 0 spiro atoms. The number of carbonyl (C=O) groups is 1. The minimum atomic E-state index is -0.609. The second-order valence-corrected chi connectivity index (χ2v) is 6.39. The molecule has 1 saturated heterocycles. The van der Waals surface area contributed by atoms with Gasteiger partial charge in [0.1, 0.15) is 6.61 Å². The number of tetrazole rings is 1. The van der Waals surface area contributed by atoms with Crippen LogP contribution in [0.1, 0.15) is 0 Å². The SMILES string of the molecule is O=C(C1COc2ccccc2O1)N1CCN(c2ccc3nnnn3n2)CC1. The lowest BCUT2D eigenvalue weighted by atomic mass is 10.2. The zero-order valence-corrected chi connectivity index (χ0v) is 14.4. The van der Waals surface area contributed by atoms with Gasteiger partial charge in [0, 0.05) is 26.2 Å². The molecule has 2 aliphatic rings. The van der Waals surface area contributed by atoms with Gasteiger partial charge >= 0.3 is 0 Å². The van der Waals surface area contributed by atoms with Gasteiger partial charge in [-0.15, -0.1) is 14.8 Å². The van der Waals surface area contributed by atoms with Crippen molar-refractivity contribution in [1.82, 2.24) is 30.2 Å². The summed E-state index contributed by atoms with van der Waals surface area (Å²) in [5, 5.41) is 15.7. The first kappa shape index (κ1) is 15.8. The van der Waals surface area contributed by atoms with Gasteiger partial charge in [-0.25, -0.2) is 0 Å². The molecule has 0 saturated carbocycles. The average molecular weight is 367 g/mol. The molecule has 10 heteroatoms. The molecule has 4 heterocycles. The van der Waals surface area contributed by atoms with Crippen LogP contribution in [0.3, 0.4) is 0 Å². The zero-order valence-electron chi connectivity index (χ0n) is 14.4. The summed E-state index contributed by atoms with van der Waals surface area (Å²) >= 11 is 0. The Bertz CT molecular complexity index is 983. The predicted molar refractivity (Wildman–Crippen MR) is 93.7 cm³/mol. The fraction of sp³-hybridized carbons (Fsp3) is 0.353. The lowest BCUT2D eigenvalue weighted by Gasteiger charge is -2.37. The number of fused-ring (bicyclic) bond motifs is 2. The van der Waals surface area contributed by atoms with Crippen molar-refractivity contribution in [3.63, 3.8) is 0 Å². The largest absolute Gasteiger partial charge is 0.485 e. The van der Waals surface area contributed by atoms with E-state index in [1.54, 1.807) is 0 Å². The minimum Gasteiger partial charge on any atom is -0.485 e. The third-order valence-corrected chi connectivity index (χ3v) is 4.75. The Labute approximate surface area is 154 Å². The number of hydrogen-bond donors (Lipinski definition) is 0. The Kier molecular flexibility index (Phi) is 3.73. The number of piperazine rings is 1. The van der Waals surface area contributed by atoms with Crippen LogP contribution in [0.2, 0.25) is 0 Å². The van der Waals surface area contributed by atoms with Crippen LogP contribution >= 0.6 is 0 Å². The van der Waals surface area contributed by atoms with Crippen LogP contribution in [0.4, 0.5) is 5.82 Å². The number of ether oxygens (including phenoxy) is 2. The van der Waals surface area contributed by atoms with Gasteiger partial charge in [0.2, 0.25) is 6.10 Å². The normalized spacial score (nSPS) is 19.3. The standard InChI is InChI=1S/C17H17N7O3/c25-17(14-11-26-12-3-1-2-4-13(12)27-14)23-9-7-22(8-10-23)16-6-5-15-18-20-21-24(15)19-16/h1-6,14H,7-11H2. The van der Waals surface area contributed by atoms with Gasteiger partial charge in [0.05, 0.1) is 0 Å². The first-order valence-electron chi connectivity index (χ1n) is 8.75. The van der Waals surface area contributed by atoms with Crippen molar-refractivity contribution >= 4 is 17.4 Å². The van der Waals surface area contributed by atoms with E-state index in [1.165, 1.54) is 4.63 Å². The van der Waals surface area contributed by atoms with E-state index in [4.69, 9.17) is 9.47 Å². The molecule has 0 aliphatic carbocycles. The highest BCUT2D eigenvalue weighted by Gasteiger charge is 2.32. The minimum absolute atomic E-state index is 0.0481. The van der Waals surface area contributed by atoms with E-state index in [1.807, 2.05) is 41.3 Å². The topological polar surface area (TPSA) is 98.0 Å². The van der Waals surface area contributed by atoms with Crippen molar-refractivity contribution < 1.29 is 14.3 Å². The Hall–Kier alpha value is -3.43. The van der Waals surface area contributed by atoms with Crippen LogP contribution < -0.4 is 14.4 Å². The summed E-state index contributed by atoms with van der Waals surface area (Å²) in [6.07, 6.45) is -0.609. The van der Waals surface area contributed by atoms with Crippen molar-refractivity contribution in [2.75, 3.05) is 37.7 Å². The molecular formula is C17H17N7O3. The smallest absolute Gasteiger partial charge is 0.267 e. The molecule has 0 N–H and O–H groups in total. The summed E-state index contributed by atoms with van der Waals surface area (Å²) in [5.41, 5.74) is 0.599. The summed E-state index contributed by atoms with van der Waals surface area (Å²) in [5.74, 6) is 2.02. The Morgan fingerprint density at radius 2 is 1.85 bits per heavy atom. The molecule has 1 amide bonds. The van der Waals surface area contributed by atoms with Crippen LogP contribution in [-0.2, 0) is 4.79 Å². The van der Waals surface area contributed by atoms with Crippen molar-refractivity contribution in [3.8, 4) is 11.5 Å². The number of carbonyl (C=O) groups excluding carboxylic acids is 1. The highest BCUT2D eigenvalue weighted by molar-refractivity contribution is 5.82. The summed E-state index contributed by atoms with van der Waals surface area (Å²) in [7, 11) is 0. The number of anilines is 1. The molecule has 2 aromatic heterocycles. The Morgan fingerprint density at radius 1 is 1.04 bits per heavy atom. The molecule has 138 valence electrons. The quantitative estimate of drug-likeness (QED) is 0.625. The fourth-order valence-corrected chi connectivity index (χ4v) is 3.31. The zero-order chi connectivity index (χ0) is 18.2. The van der Waals surface area contributed by atoms with E-state index in [-0.39, 0.29) is 12.5 Å². The summed E-state index contributed by atoms with van der Waals surface area (Å²) in [4.78, 5) is 16.7. The molecule has 1 unspecified atom stereocenters. The lowest BCUT2D eigenvalue weighted by molar-refractivity contribution is -0.141. The monoisotopic (exact) mass is 367 g/mol. The van der Waals surface area contributed by atoms with Gasteiger partial charge in [-0.05, 0) is 34.7 Å². The summed E-state index contributed by atoms with van der Waals surface area (Å²) < 4.78 is 12.9. The second kappa shape index (κ2) is 6.38. The molecule has 5 rings (SSSR count). The molecule has 3 aromatic rings. The third kappa shape index (κ3) is 2.88. The molecule has 0 bridgehead atoms. The highest BCUT2D eigenvalue weighted by atomic mass is 16.6. The molecule has 2 aliphatic heterocycles. The van der Waals surface area contributed by atoms with Crippen LogP contribution in [0, 0.1) is 0 Å². The average Bonchev–Trinajstić information content (AvgIpc) is 3.21. The Balaban J connectivity index is 1.23. The van der Waals surface area contributed by atoms with Gasteiger partial charge in [-0.2, -0.15) is 0 Å². The highest BCUT2D eigenvalue weighted by Crippen LogP contribution is 2.31.